The summed E-state index contributed by atoms with van der Waals surface area (Å²) in [5.41, 5.74) is 0.0253. The van der Waals surface area contributed by atoms with E-state index in [4.69, 9.17) is 0 Å². The zero-order valence-corrected chi connectivity index (χ0v) is 18.0. The van der Waals surface area contributed by atoms with Crippen LogP contribution in [0.25, 0.3) is 0 Å². The first kappa shape index (κ1) is 20.0. The average molecular weight is 400 g/mol. The van der Waals surface area contributed by atoms with Crippen molar-refractivity contribution in [1.29, 1.82) is 0 Å². The minimum absolute atomic E-state index is 0.116. The van der Waals surface area contributed by atoms with Crippen LogP contribution in [0.4, 0.5) is 0 Å². The Bertz CT molecular complexity index is 490. The molecule has 0 aromatic heterocycles. The van der Waals surface area contributed by atoms with Gasteiger partial charge in [-0.3, -0.25) is 0 Å². The molecule has 2 aliphatic carbocycles. The van der Waals surface area contributed by atoms with Crippen molar-refractivity contribution in [2.45, 2.75) is 95.7 Å². The van der Waals surface area contributed by atoms with Crippen molar-refractivity contribution in [1.82, 2.24) is 5.32 Å². The molecule has 2 fully saturated rings. The van der Waals surface area contributed by atoms with Gasteiger partial charge in [0.15, 0.2) is 0 Å². The van der Waals surface area contributed by atoms with E-state index in [1.165, 1.54) is 6.42 Å². The molecule has 2 saturated carbocycles. The summed E-state index contributed by atoms with van der Waals surface area (Å²) in [7, 11) is 0. The zero-order chi connectivity index (χ0) is 18.1. The summed E-state index contributed by atoms with van der Waals surface area (Å²) >= 11 is 0.270. The standard InChI is InChI=1S/C20H35NO2Se/c1-7-10-16(22)21-14(8-2)15(9-3)24-17-13-11-12-20(6,18(17)23)19(13,4)5/h13-15,17H,7-12H2,1-6H3,(H,21,22)/t13-,14+,15-,17+,20+/m1/s1. The fourth-order valence-corrected chi connectivity index (χ4v) is 9.13. The number of nitrogens with one attached hydrogen (secondary N) is 1. The number of hydrogen-bond donors (Lipinski definition) is 1. The van der Waals surface area contributed by atoms with Gasteiger partial charge in [0.25, 0.3) is 0 Å². The van der Waals surface area contributed by atoms with E-state index >= 15 is 0 Å². The Hall–Kier alpha value is -0.341. The van der Waals surface area contributed by atoms with Gasteiger partial charge in [0.05, 0.1) is 0 Å². The predicted molar refractivity (Wildman–Crippen MR) is 100 cm³/mol. The Balaban J connectivity index is 2.10. The van der Waals surface area contributed by atoms with Gasteiger partial charge in [-0.15, -0.1) is 0 Å². The first-order valence-corrected chi connectivity index (χ1v) is 11.7. The monoisotopic (exact) mass is 401 g/mol. The summed E-state index contributed by atoms with van der Waals surface area (Å²) in [6.45, 7) is 13.2. The number of Topliss-reactive ketones (excluding diaryl/α,β-unsaturated/α-hetero) is 1. The van der Waals surface area contributed by atoms with E-state index in [2.05, 4.69) is 39.9 Å². The molecule has 24 heavy (non-hydrogen) atoms. The summed E-state index contributed by atoms with van der Waals surface area (Å²) in [6.07, 6.45) is 5.78. The molecule has 3 nitrogen and oxygen atoms in total. The van der Waals surface area contributed by atoms with E-state index < -0.39 is 0 Å². The minimum atomic E-state index is -0.116. The van der Waals surface area contributed by atoms with E-state index in [0.29, 0.717) is 22.9 Å². The number of carbonyl (C=O) groups excluding carboxylic acids is 2. The summed E-state index contributed by atoms with van der Waals surface area (Å²) in [5.74, 6) is 1.25. The Morgan fingerprint density at radius 1 is 1.25 bits per heavy atom. The molecular weight excluding hydrogens is 365 g/mol. The number of rotatable bonds is 8. The van der Waals surface area contributed by atoms with Gasteiger partial charge in [-0.1, -0.05) is 0 Å². The van der Waals surface area contributed by atoms with Crippen molar-refractivity contribution in [3.05, 3.63) is 0 Å². The van der Waals surface area contributed by atoms with Crippen LogP contribution in [0.1, 0.15) is 80.1 Å². The van der Waals surface area contributed by atoms with Gasteiger partial charge in [-0.2, -0.15) is 0 Å². The van der Waals surface area contributed by atoms with Gasteiger partial charge in [-0.05, 0) is 0 Å². The number of ketones is 1. The second-order valence-corrected chi connectivity index (χ2v) is 11.3. The molecular formula is C20H35NO2Se. The van der Waals surface area contributed by atoms with E-state index in [0.717, 1.165) is 25.7 Å². The molecule has 2 rings (SSSR count). The molecule has 5 atom stereocenters. The number of fused-ring (bicyclic) bond motifs is 2. The van der Waals surface area contributed by atoms with Gasteiger partial charge in [0.2, 0.25) is 0 Å². The molecule has 0 unspecified atom stereocenters. The topological polar surface area (TPSA) is 46.2 Å². The third-order valence-electron chi connectivity index (χ3n) is 6.91. The van der Waals surface area contributed by atoms with Crippen molar-refractivity contribution in [3.63, 3.8) is 0 Å². The van der Waals surface area contributed by atoms with Crippen LogP contribution in [0.15, 0.2) is 0 Å². The molecule has 0 saturated heterocycles. The fraction of sp³-hybridized carbons (Fsp3) is 0.900. The molecule has 0 radical (unpaired) electrons. The molecule has 0 aromatic rings. The van der Waals surface area contributed by atoms with E-state index in [9.17, 15) is 9.59 Å². The van der Waals surface area contributed by atoms with Gasteiger partial charge >= 0.3 is 154 Å². The van der Waals surface area contributed by atoms with Gasteiger partial charge in [0.1, 0.15) is 0 Å². The molecule has 2 aliphatic rings. The van der Waals surface area contributed by atoms with Crippen LogP contribution in [0.5, 0.6) is 0 Å². The van der Waals surface area contributed by atoms with Crippen LogP contribution >= 0.6 is 0 Å². The Kier molecular flexibility index (Phi) is 6.24. The molecule has 138 valence electrons. The molecule has 0 heterocycles. The zero-order valence-electron chi connectivity index (χ0n) is 16.3. The van der Waals surface area contributed by atoms with Crippen molar-refractivity contribution in [3.8, 4) is 0 Å². The molecule has 0 aromatic carbocycles. The van der Waals surface area contributed by atoms with Gasteiger partial charge < -0.3 is 0 Å². The molecule has 1 N–H and O–H groups in total. The van der Waals surface area contributed by atoms with Gasteiger partial charge in [-0.25, -0.2) is 0 Å². The summed E-state index contributed by atoms with van der Waals surface area (Å²) in [6, 6.07) is 0.233. The third kappa shape index (κ3) is 3.21. The molecule has 2 bridgehead atoms. The third-order valence-corrected chi connectivity index (χ3v) is 10.8. The maximum absolute atomic E-state index is 13.1. The first-order valence-electron chi connectivity index (χ1n) is 9.72. The van der Waals surface area contributed by atoms with Crippen molar-refractivity contribution < 1.29 is 9.59 Å². The summed E-state index contributed by atoms with van der Waals surface area (Å²) < 4.78 is 0. The Morgan fingerprint density at radius 2 is 1.92 bits per heavy atom. The van der Waals surface area contributed by atoms with Crippen molar-refractivity contribution in [2.75, 3.05) is 0 Å². The number of amides is 1. The SMILES string of the molecule is CCCC(=O)N[C@@H](CC)[C@@H](CC)[Se][C@@H]1C(=O)[C@]2(C)CC[C@H]1C2(C)C. The predicted octanol–water partition coefficient (Wildman–Crippen LogP) is 4.40. The van der Waals surface area contributed by atoms with Gasteiger partial charge in [0, 0.05) is 0 Å². The van der Waals surface area contributed by atoms with E-state index in [-0.39, 0.29) is 42.6 Å². The van der Waals surface area contributed by atoms with Crippen LogP contribution in [-0.2, 0) is 9.59 Å². The average Bonchev–Trinajstić information content (AvgIpc) is 2.84. The van der Waals surface area contributed by atoms with Crippen LogP contribution in [-0.4, -0.2) is 32.7 Å². The first-order chi connectivity index (χ1) is 11.2. The summed E-state index contributed by atoms with van der Waals surface area (Å²) in [4.78, 5) is 25.9. The van der Waals surface area contributed by atoms with Crippen LogP contribution in [0, 0.1) is 16.7 Å². The molecule has 0 spiro atoms. The summed E-state index contributed by atoms with van der Waals surface area (Å²) in [5, 5.41) is 3.25. The Morgan fingerprint density at radius 3 is 2.38 bits per heavy atom. The number of hydrogen-bond acceptors (Lipinski definition) is 2. The second-order valence-electron chi connectivity index (χ2n) is 8.40. The van der Waals surface area contributed by atoms with Crippen molar-refractivity contribution in [2.24, 2.45) is 16.7 Å². The molecule has 1 amide bonds. The van der Waals surface area contributed by atoms with Crippen LogP contribution in [0.3, 0.4) is 0 Å². The van der Waals surface area contributed by atoms with Crippen molar-refractivity contribution >= 4 is 26.6 Å². The Labute approximate surface area is 154 Å². The van der Waals surface area contributed by atoms with Crippen LogP contribution < -0.4 is 5.32 Å². The second kappa shape index (κ2) is 7.50. The van der Waals surface area contributed by atoms with E-state index in [1.807, 2.05) is 6.92 Å². The molecule has 4 heteroatoms. The quantitative estimate of drug-likeness (QED) is 0.614. The van der Waals surface area contributed by atoms with Crippen LogP contribution in [0.2, 0.25) is 9.63 Å². The normalized spacial score (nSPS) is 33.5. The maximum atomic E-state index is 13.1. The van der Waals surface area contributed by atoms with E-state index in [1.54, 1.807) is 0 Å². The fourth-order valence-electron chi connectivity index (χ4n) is 4.79. The number of carbonyl (C=O) groups is 2. The molecule has 0 aliphatic heterocycles.